The molecule has 0 radical (unpaired) electrons. The first-order valence-corrected chi connectivity index (χ1v) is 9.24. The highest BCUT2D eigenvalue weighted by Gasteiger charge is 2.13. The quantitative estimate of drug-likeness (QED) is 0.513. The summed E-state index contributed by atoms with van der Waals surface area (Å²) in [5, 5.41) is 8.33. The Morgan fingerprint density at radius 2 is 1.92 bits per heavy atom. The van der Waals surface area contributed by atoms with Gasteiger partial charge in [-0.25, -0.2) is 9.37 Å². The second-order valence-corrected chi connectivity index (χ2v) is 7.21. The van der Waals surface area contributed by atoms with Crippen molar-refractivity contribution in [2.45, 2.75) is 10.1 Å². The maximum atomic E-state index is 13.3. The SMILES string of the molecule is O=c1c2ccccc2nc(CSc2nncs2)n1-c1ccc(F)cc1. The van der Waals surface area contributed by atoms with Gasteiger partial charge in [-0.2, -0.15) is 0 Å². The van der Waals surface area contributed by atoms with E-state index in [4.69, 9.17) is 0 Å². The molecule has 4 aromatic rings. The molecule has 2 heterocycles. The van der Waals surface area contributed by atoms with Gasteiger partial charge in [-0.15, -0.1) is 10.2 Å². The summed E-state index contributed by atoms with van der Waals surface area (Å²) < 4.78 is 15.6. The molecule has 124 valence electrons. The topological polar surface area (TPSA) is 60.7 Å². The Labute approximate surface area is 150 Å². The molecule has 0 atom stereocenters. The summed E-state index contributed by atoms with van der Waals surface area (Å²) in [6.07, 6.45) is 0. The third-order valence-electron chi connectivity index (χ3n) is 3.59. The lowest BCUT2D eigenvalue weighted by atomic mass is 10.2. The molecule has 2 aromatic carbocycles. The number of hydrogen-bond donors (Lipinski definition) is 0. The minimum Gasteiger partial charge on any atom is -0.268 e. The summed E-state index contributed by atoms with van der Waals surface area (Å²) in [7, 11) is 0. The van der Waals surface area contributed by atoms with Crippen molar-refractivity contribution in [2.75, 3.05) is 0 Å². The van der Waals surface area contributed by atoms with Crippen molar-refractivity contribution in [1.29, 1.82) is 0 Å². The van der Waals surface area contributed by atoms with E-state index in [0.29, 0.717) is 28.2 Å². The molecule has 0 N–H and O–H groups in total. The lowest BCUT2D eigenvalue weighted by molar-refractivity contribution is 0.627. The van der Waals surface area contributed by atoms with E-state index in [0.717, 1.165) is 4.34 Å². The van der Waals surface area contributed by atoms with Crippen molar-refractivity contribution in [1.82, 2.24) is 19.7 Å². The summed E-state index contributed by atoms with van der Waals surface area (Å²) in [5.74, 6) is 0.679. The molecule has 0 amide bonds. The van der Waals surface area contributed by atoms with Gasteiger partial charge < -0.3 is 0 Å². The van der Waals surface area contributed by atoms with Crippen LogP contribution in [0.15, 0.2) is 63.2 Å². The Morgan fingerprint density at radius 1 is 1.12 bits per heavy atom. The van der Waals surface area contributed by atoms with Gasteiger partial charge in [-0.05, 0) is 36.4 Å². The van der Waals surface area contributed by atoms with Crippen molar-refractivity contribution < 1.29 is 4.39 Å². The maximum Gasteiger partial charge on any atom is 0.265 e. The first-order valence-electron chi connectivity index (χ1n) is 7.38. The van der Waals surface area contributed by atoms with Gasteiger partial charge in [0, 0.05) is 0 Å². The summed E-state index contributed by atoms with van der Waals surface area (Å²) in [6, 6.07) is 13.0. The number of aromatic nitrogens is 4. The van der Waals surface area contributed by atoms with Gasteiger partial charge in [-0.3, -0.25) is 9.36 Å². The fourth-order valence-corrected chi connectivity index (χ4v) is 3.89. The first-order chi connectivity index (χ1) is 12.2. The van der Waals surface area contributed by atoms with Crippen LogP contribution in [0, 0.1) is 5.82 Å². The van der Waals surface area contributed by atoms with Crippen LogP contribution in [0.2, 0.25) is 0 Å². The number of hydrogen-bond acceptors (Lipinski definition) is 6. The molecular formula is C17H11FN4OS2. The zero-order valence-corrected chi connectivity index (χ0v) is 14.4. The summed E-state index contributed by atoms with van der Waals surface area (Å²) >= 11 is 2.89. The van der Waals surface area contributed by atoms with Crippen LogP contribution < -0.4 is 5.56 Å². The van der Waals surface area contributed by atoms with Gasteiger partial charge in [0.1, 0.15) is 17.2 Å². The Hall–Kier alpha value is -2.58. The van der Waals surface area contributed by atoms with E-state index in [2.05, 4.69) is 15.2 Å². The highest BCUT2D eigenvalue weighted by Crippen LogP contribution is 2.24. The predicted molar refractivity (Wildman–Crippen MR) is 96.8 cm³/mol. The Kier molecular flexibility index (Phi) is 4.29. The summed E-state index contributed by atoms with van der Waals surface area (Å²) in [6.45, 7) is 0. The first kappa shape index (κ1) is 15.9. The zero-order valence-electron chi connectivity index (χ0n) is 12.8. The number of para-hydroxylation sites is 1. The summed E-state index contributed by atoms with van der Waals surface area (Å²) in [5.41, 5.74) is 2.70. The van der Waals surface area contributed by atoms with E-state index >= 15 is 0 Å². The third-order valence-corrected chi connectivity index (χ3v) is 5.45. The highest BCUT2D eigenvalue weighted by atomic mass is 32.2. The van der Waals surface area contributed by atoms with Crippen molar-refractivity contribution >= 4 is 34.0 Å². The van der Waals surface area contributed by atoms with Gasteiger partial charge in [0.15, 0.2) is 4.34 Å². The molecule has 0 aliphatic rings. The Morgan fingerprint density at radius 3 is 2.68 bits per heavy atom. The lowest BCUT2D eigenvalue weighted by Crippen LogP contribution is -2.23. The van der Waals surface area contributed by atoms with Gasteiger partial charge >= 0.3 is 0 Å². The molecule has 0 saturated carbocycles. The van der Waals surface area contributed by atoms with Crippen molar-refractivity contribution in [3.63, 3.8) is 0 Å². The van der Waals surface area contributed by atoms with Gasteiger partial charge in [0.05, 0.1) is 22.3 Å². The fraction of sp³-hybridized carbons (Fsp3) is 0.0588. The number of benzene rings is 2. The molecule has 0 aliphatic carbocycles. The molecule has 0 aliphatic heterocycles. The van der Waals surface area contributed by atoms with Crippen LogP contribution in [0.3, 0.4) is 0 Å². The minimum absolute atomic E-state index is 0.176. The van der Waals surface area contributed by atoms with E-state index < -0.39 is 0 Å². The van der Waals surface area contributed by atoms with Gasteiger partial charge in [0.25, 0.3) is 5.56 Å². The average Bonchev–Trinajstić information content (AvgIpc) is 3.15. The monoisotopic (exact) mass is 370 g/mol. The molecule has 0 unspecified atom stereocenters. The predicted octanol–water partition coefficient (Wildman–Crippen LogP) is 3.67. The smallest absolute Gasteiger partial charge is 0.265 e. The second kappa shape index (κ2) is 6.73. The van der Waals surface area contributed by atoms with Gasteiger partial charge in [0.2, 0.25) is 0 Å². The minimum atomic E-state index is -0.352. The Bertz CT molecular complexity index is 1080. The molecule has 8 heteroatoms. The van der Waals surface area contributed by atoms with Crippen LogP contribution >= 0.6 is 23.1 Å². The van der Waals surface area contributed by atoms with E-state index in [1.165, 1.54) is 39.8 Å². The van der Waals surface area contributed by atoms with Crippen LogP contribution in [0.1, 0.15) is 5.82 Å². The third kappa shape index (κ3) is 3.18. The van der Waals surface area contributed by atoms with E-state index in [9.17, 15) is 9.18 Å². The Balaban J connectivity index is 1.87. The maximum absolute atomic E-state index is 13.3. The molecule has 0 spiro atoms. The molecule has 0 saturated heterocycles. The average molecular weight is 370 g/mol. The van der Waals surface area contributed by atoms with Crippen molar-refractivity contribution in [3.05, 3.63) is 76.0 Å². The van der Waals surface area contributed by atoms with Crippen LogP contribution in [0.25, 0.3) is 16.6 Å². The summed E-state index contributed by atoms with van der Waals surface area (Å²) in [4.78, 5) is 17.6. The van der Waals surface area contributed by atoms with Crippen LogP contribution in [0.5, 0.6) is 0 Å². The largest absolute Gasteiger partial charge is 0.268 e. The highest BCUT2D eigenvalue weighted by molar-refractivity contribution is 8.00. The number of rotatable bonds is 4. The van der Waals surface area contributed by atoms with E-state index in [-0.39, 0.29) is 11.4 Å². The number of fused-ring (bicyclic) bond motifs is 1. The zero-order chi connectivity index (χ0) is 17.2. The number of halogens is 1. The molecule has 5 nitrogen and oxygen atoms in total. The normalized spacial score (nSPS) is 11.1. The molecule has 2 aromatic heterocycles. The van der Waals surface area contributed by atoms with Crippen LogP contribution in [-0.2, 0) is 5.75 Å². The van der Waals surface area contributed by atoms with Crippen molar-refractivity contribution in [2.24, 2.45) is 0 Å². The van der Waals surface area contributed by atoms with Gasteiger partial charge in [-0.1, -0.05) is 35.2 Å². The van der Waals surface area contributed by atoms with Crippen molar-refractivity contribution in [3.8, 4) is 5.69 Å². The lowest BCUT2D eigenvalue weighted by Gasteiger charge is -2.13. The van der Waals surface area contributed by atoms with E-state index in [1.54, 1.807) is 29.8 Å². The number of thioether (sulfide) groups is 1. The molecule has 0 fully saturated rings. The molecule has 25 heavy (non-hydrogen) atoms. The standard InChI is InChI=1S/C17H11FN4OS2/c18-11-5-7-12(8-6-11)22-15(9-24-17-21-19-10-25-17)20-14-4-2-1-3-13(14)16(22)23/h1-8,10H,9H2. The van der Waals surface area contributed by atoms with E-state index in [1.807, 2.05) is 12.1 Å². The molecule has 0 bridgehead atoms. The fourth-order valence-electron chi connectivity index (χ4n) is 2.48. The number of nitrogens with zero attached hydrogens (tertiary/aromatic N) is 4. The van der Waals surface area contributed by atoms with Crippen LogP contribution in [-0.4, -0.2) is 19.7 Å². The molecule has 4 rings (SSSR count). The molecular weight excluding hydrogens is 359 g/mol. The second-order valence-electron chi connectivity index (χ2n) is 5.16. The van der Waals surface area contributed by atoms with Crippen LogP contribution in [0.4, 0.5) is 4.39 Å².